The Labute approximate surface area is 275 Å². The van der Waals surface area contributed by atoms with Crippen molar-refractivity contribution in [2.75, 3.05) is 0 Å². The van der Waals surface area contributed by atoms with Crippen LogP contribution in [0.15, 0.2) is 110 Å². The summed E-state index contributed by atoms with van der Waals surface area (Å²) in [7, 11) is 0. The molecule has 5 aromatic carbocycles. The van der Waals surface area contributed by atoms with Gasteiger partial charge >= 0.3 is 25.8 Å². The van der Waals surface area contributed by atoms with Gasteiger partial charge in [0.05, 0.1) is 0 Å². The number of allylic oxidation sites excluding steroid dienone is 1. The molecule has 0 radical (unpaired) electrons. The maximum Gasteiger partial charge on any atom is 4.00 e. The van der Waals surface area contributed by atoms with Crippen LogP contribution in [0, 0.1) is 18.9 Å². The Morgan fingerprint density at radius 1 is 0.690 bits per heavy atom. The summed E-state index contributed by atoms with van der Waals surface area (Å²) < 4.78 is 0. The largest absolute Gasteiger partial charge is 4.00 e. The van der Waals surface area contributed by atoms with E-state index in [9.17, 15) is 0 Å². The van der Waals surface area contributed by atoms with Crippen LogP contribution in [0.25, 0.3) is 21.5 Å². The van der Waals surface area contributed by atoms with E-state index in [2.05, 4.69) is 104 Å². The summed E-state index contributed by atoms with van der Waals surface area (Å²) in [5.74, 6) is 0.726. The number of rotatable bonds is 1. The van der Waals surface area contributed by atoms with E-state index in [1.54, 1.807) is 0 Å². The van der Waals surface area contributed by atoms with Gasteiger partial charge in [-0.2, -0.15) is 48.7 Å². The van der Waals surface area contributed by atoms with Crippen molar-refractivity contribution in [2.24, 2.45) is 5.92 Å². The molecule has 1 aliphatic rings. The van der Waals surface area contributed by atoms with E-state index >= 15 is 0 Å². The van der Waals surface area contributed by atoms with E-state index in [0.717, 1.165) is 11.5 Å². The van der Waals surface area contributed by atoms with Crippen LogP contribution in [0.4, 0.5) is 0 Å². The maximum atomic E-state index is 3.72. The molecule has 0 saturated heterocycles. The molecule has 0 aliphatic heterocycles. The second-order valence-electron chi connectivity index (χ2n) is 13.2. The molecule has 42 heavy (non-hydrogen) atoms. The normalized spacial score (nSPS) is 13.4. The molecule has 6 rings (SSSR count). The summed E-state index contributed by atoms with van der Waals surface area (Å²) in [6.07, 6.45) is 9.95. The zero-order valence-corrected chi connectivity index (χ0v) is 30.4. The topological polar surface area (TPSA) is 0 Å². The predicted octanol–water partition coefficient (Wildman–Crippen LogP) is 12.1. The summed E-state index contributed by atoms with van der Waals surface area (Å²) in [5.41, 5.74) is 4.29. The first kappa shape index (κ1) is 35.6. The van der Waals surface area contributed by atoms with Crippen molar-refractivity contribution in [2.45, 2.75) is 84.5 Å². The third-order valence-corrected chi connectivity index (χ3v) is 7.73. The quantitative estimate of drug-likeness (QED) is 0.119. The van der Waals surface area contributed by atoms with E-state index in [1.165, 1.54) is 64.8 Å². The van der Waals surface area contributed by atoms with Crippen LogP contribution in [0.3, 0.4) is 0 Å². The van der Waals surface area contributed by atoms with Crippen LogP contribution in [0.5, 0.6) is 0 Å². The smallest absolute Gasteiger partial charge is 0.501 e. The molecule has 1 saturated carbocycles. The van der Waals surface area contributed by atoms with Gasteiger partial charge in [-0.05, 0) is 10.8 Å². The SMILES string of the molecule is C=[C-]C1CCCCC1.CC(C)(C)c1ccc2c(c1)[cH-]c1cc(C(C)(C)C)ccc12.[CH2-]c1ccccc1.[Hf+4].c1cc[cH-]c1. The molecule has 218 valence electrons. The molecule has 0 atom stereocenters. The van der Waals surface area contributed by atoms with Crippen LogP contribution in [0.2, 0.25) is 0 Å². The van der Waals surface area contributed by atoms with Crippen LogP contribution >= 0.6 is 0 Å². The first-order valence-corrected chi connectivity index (χ1v) is 15.2. The Morgan fingerprint density at radius 2 is 1.17 bits per heavy atom. The van der Waals surface area contributed by atoms with Crippen LogP contribution < -0.4 is 0 Å². The zero-order chi connectivity index (χ0) is 29.9. The maximum absolute atomic E-state index is 3.72. The number of hydrogen-bond donors (Lipinski definition) is 0. The minimum atomic E-state index is 0. The standard InChI is InChI=1S/C21H25.C8H13.C7H7.C5H5.Hf/c1-20(2,3)16-7-9-18-14(12-16)11-15-13-17(21(4,5)6)8-10-19(15)18;1-2-8-6-4-3-5-7-8;1-7-5-3-2-4-6-7;1-2-4-5-3-1;/h7-13H,1-6H3;8H,1,3-7H2;2-6H,1H2;1-5H;/q4*-1;+4. The molecule has 0 aromatic heterocycles. The van der Waals surface area contributed by atoms with Crippen molar-refractivity contribution in [1.82, 2.24) is 0 Å². The van der Waals surface area contributed by atoms with Crippen molar-refractivity contribution in [3.63, 3.8) is 0 Å². The molecule has 1 aliphatic carbocycles. The molecule has 5 aromatic rings. The summed E-state index contributed by atoms with van der Waals surface area (Å²) in [4.78, 5) is 0. The summed E-state index contributed by atoms with van der Waals surface area (Å²) >= 11 is 0. The summed E-state index contributed by atoms with van der Waals surface area (Å²) in [6.45, 7) is 21.0. The van der Waals surface area contributed by atoms with Gasteiger partial charge in [-0.15, -0.1) is 51.9 Å². The van der Waals surface area contributed by atoms with E-state index in [0.29, 0.717) is 0 Å². The molecule has 0 nitrogen and oxygen atoms in total. The average molecular weight is 721 g/mol. The van der Waals surface area contributed by atoms with E-state index in [-0.39, 0.29) is 36.7 Å². The Morgan fingerprint density at radius 3 is 1.48 bits per heavy atom. The van der Waals surface area contributed by atoms with Gasteiger partial charge in [0, 0.05) is 0 Å². The number of benzene rings is 3. The molecule has 1 fully saturated rings. The van der Waals surface area contributed by atoms with Crippen molar-refractivity contribution in [1.29, 1.82) is 0 Å². The van der Waals surface area contributed by atoms with Crippen molar-refractivity contribution in [3.8, 4) is 0 Å². The third-order valence-electron chi connectivity index (χ3n) is 7.73. The first-order chi connectivity index (χ1) is 19.5. The number of fused-ring (bicyclic) bond motifs is 3. The Balaban J connectivity index is 0.000000239. The molecule has 0 unspecified atom stereocenters. The fraction of sp³-hybridized carbons (Fsp3) is 0.341. The Bertz CT molecular complexity index is 1340. The van der Waals surface area contributed by atoms with Crippen molar-refractivity contribution >= 4 is 21.5 Å². The van der Waals surface area contributed by atoms with Gasteiger partial charge in [0.2, 0.25) is 0 Å². The van der Waals surface area contributed by atoms with Gasteiger partial charge in [-0.3, -0.25) is 6.58 Å². The second-order valence-corrected chi connectivity index (χ2v) is 13.2. The fourth-order valence-electron chi connectivity index (χ4n) is 5.06. The Kier molecular flexibility index (Phi) is 14.3. The molecular formula is C41H50Hf. The van der Waals surface area contributed by atoms with Crippen LogP contribution in [-0.4, -0.2) is 0 Å². The monoisotopic (exact) mass is 722 g/mol. The Hall–Kier alpha value is -2.64. The molecule has 0 amide bonds. The minimum Gasteiger partial charge on any atom is -0.501 e. The van der Waals surface area contributed by atoms with Gasteiger partial charge in [0.15, 0.2) is 0 Å². The number of hydrogen-bond acceptors (Lipinski definition) is 0. The van der Waals surface area contributed by atoms with E-state index < -0.39 is 0 Å². The van der Waals surface area contributed by atoms with Gasteiger partial charge in [-0.25, -0.2) is 12.1 Å². The summed E-state index contributed by atoms with van der Waals surface area (Å²) in [6, 6.07) is 36.1. The van der Waals surface area contributed by atoms with Gasteiger partial charge in [0.1, 0.15) is 0 Å². The van der Waals surface area contributed by atoms with Crippen molar-refractivity contribution < 1.29 is 25.8 Å². The molecule has 0 bridgehead atoms. The van der Waals surface area contributed by atoms with E-state index in [1.807, 2.05) is 60.7 Å². The second kappa shape index (κ2) is 16.9. The average Bonchev–Trinajstić information content (AvgIpc) is 3.65. The van der Waals surface area contributed by atoms with Gasteiger partial charge in [-0.1, -0.05) is 115 Å². The molecular weight excluding hydrogens is 671 g/mol. The molecule has 0 heterocycles. The molecule has 0 N–H and O–H groups in total. The van der Waals surface area contributed by atoms with Crippen LogP contribution in [-0.2, 0) is 36.7 Å². The zero-order valence-electron chi connectivity index (χ0n) is 26.8. The minimum absolute atomic E-state index is 0. The predicted molar refractivity (Wildman–Crippen MR) is 183 cm³/mol. The molecule has 1 heteroatoms. The van der Waals surface area contributed by atoms with Gasteiger partial charge in [0.25, 0.3) is 0 Å². The summed E-state index contributed by atoms with van der Waals surface area (Å²) in [5, 5.41) is 5.48. The van der Waals surface area contributed by atoms with E-state index in [4.69, 9.17) is 0 Å². The first-order valence-electron chi connectivity index (χ1n) is 15.2. The van der Waals surface area contributed by atoms with Gasteiger partial charge < -0.3 is 6.08 Å². The van der Waals surface area contributed by atoms with Crippen LogP contribution in [0.1, 0.15) is 90.3 Å². The fourth-order valence-corrected chi connectivity index (χ4v) is 5.06. The molecule has 0 spiro atoms. The third kappa shape index (κ3) is 11.2. The van der Waals surface area contributed by atoms with Crippen molar-refractivity contribution in [3.05, 3.63) is 139 Å².